The monoisotopic (exact) mass is 371 g/mol. The zero-order valence-electron chi connectivity index (χ0n) is 13.9. The van der Waals surface area contributed by atoms with E-state index < -0.39 is 0 Å². The summed E-state index contributed by atoms with van der Waals surface area (Å²) < 4.78 is 2.02. The fourth-order valence-electron chi connectivity index (χ4n) is 3.10. The fraction of sp³-hybridized carbons (Fsp3) is 0.263. The van der Waals surface area contributed by atoms with Crippen molar-refractivity contribution in [2.45, 2.75) is 26.4 Å². The van der Waals surface area contributed by atoms with Crippen molar-refractivity contribution >= 4 is 28.8 Å². The number of benzene rings is 1. The highest BCUT2D eigenvalue weighted by molar-refractivity contribution is 7.13. The lowest BCUT2D eigenvalue weighted by Crippen LogP contribution is -2.30. The molecule has 0 spiro atoms. The topological polar surface area (TPSA) is 38.1 Å². The van der Waals surface area contributed by atoms with Crippen LogP contribution in [0.15, 0.2) is 42.5 Å². The maximum Gasteiger partial charge on any atom is 0.264 e. The minimum absolute atomic E-state index is 0.112. The number of fused-ring (bicyclic) bond motifs is 1. The molecule has 0 saturated heterocycles. The molecule has 3 heterocycles. The molecule has 0 bridgehead atoms. The van der Waals surface area contributed by atoms with Gasteiger partial charge in [0.1, 0.15) is 0 Å². The summed E-state index contributed by atoms with van der Waals surface area (Å²) in [6.07, 6.45) is 0.908. The van der Waals surface area contributed by atoms with E-state index in [2.05, 4.69) is 6.07 Å². The maximum atomic E-state index is 12.8. The van der Waals surface area contributed by atoms with Crippen molar-refractivity contribution in [3.8, 4) is 11.3 Å². The maximum absolute atomic E-state index is 12.8. The van der Waals surface area contributed by atoms with Gasteiger partial charge < -0.3 is 4.90 Å². The molecule has 4 nitrogen and oxygen atoms in total. The van der Waals surface area contributed by atoms with Crippen LogP contribution in [-0.4, -0.2) is 27.1 Å². The predicted octanol–water partition coefficient (Wildman–Crippen LogP) is 4.62. The molecule has 1 aliphatic rings. The summed E-state index contributed by atoms with van der Waals surface area (Å²) in [6.45, 7) is 4.21. The van der Waals surface area contributed by atoms with Gasteiger partial charge in [-0.1, -0.05) is 23.7 Å². The highest BCUT2D eigenvalue weighted by atomic mass is 35.5. The van der Waals surface area contributed by atoms with Crippen LogP contribution in [0.4, 0.5) is 0 Å². The second-order valence-electron chi connectivity index (χ2n) is 6.24. The van der Waals surface area contributed by atoms with Crippen LogP contribution in [0.3, 0.4) is 0 Å². The van der Waals surface area contributed by atoms with Crippen LogP contribution >= 0.6 is 22.9 Å². The first-order chi connectivity index (χ1) is 12.1. The highest BCUT2D eigenvalue weighted by Gasteiger charge is 2.22. The van der Waals surface area contributed by atoms with Gasteiger partial charge in [-0.05, 0) is 43.7 Å². The number of halogens is 1. The van der Waals surface area contributed by atoms with Gasteiger partial charge >= 0.3 is 0 Å². The molecule has 0 radical (unpaired) electrons. The Hall–Kier alpha value is -2.11. The van der Waals surface area contributed by atoms with Gasteiger partial charge in [0.25, 0.3) is 5.91 Å². The third-order valence-corrected chi connectivity index (χ3v) is 5.63. The van der Waals surface area contributed by atoms with E-state index in [0.29, 0.717) is 11.6 Å². The van der Waals surface area contributed by atoms with E-state index in [1.54, 1.807) is 11.3 Å². The number of rotatable bonds is 2. The average molecular weight is 372 g/mol. The fourth-order valence-corrected chi connectivity index (χ4v) is 4.06. The number of nitrogens with zero attached hydrogens (tertiary/aromatic N) is 3. The van der Waals surface area contributed by atoms with Crippen molar-refractivity contribution in [3.05, 3.63) is 62.9 Å². The van der Waals surface area contributed by atoms with E-state index in [1.165, 1.54) is 0 Å². The molecule has 1 amide bonds. The Labute approximate surface area is 155 Å². The van der Waals surface area contributed by atoms with E-state index in [9.17, 15) is 4.79 Å². The quantitative estimate of drug-likeness (QED) is 0.659. The lowest BCUT2D eigenvalue weighted by molar-refractivity contribution is 0.0750. The van der Waals surface area contributed by atoms with Crippen LogP contribution < -0.4 is 0 Å². The second kappa shape index (κ2) is 6.65. The molecular formula is C19H18ClN3OS. The second-order valence-corrected chi connectivity index (χ2v) is 7.97. The van der Waals surface area contributed by atoms with Gasteiger partial charge in [0.2, 0.25) is 0 Å². The summed E-state index contributed by atoms with van der Waals surface area (Å²) in [6, 6.07) is 13.7. The van der Waals surface area contributed by atoms with Crippen LogP contribution in [-0.2, 0) is 13.1 Å². The molecule has 0 unspecified atom stereocenters. The van der Waals surface area contributed by atoms with Crippen LogP contribution in [0.25, 0.3) is 11.3 Å². The number of carbonyl (C=O) groups excluding carboxylic acids is 1. The molecule has 0 N–H and O–H groups in total. The highest BCUT2D eigenvalue weighted by Crippen LogP contribution is 2.25. The Morgan fingerprint density at radius 3 is 2.68 bits per heavy atom. The molecular weight excluding hydrogens is 354 g/mol. The Morgan fingerprint density at radius 2 is 1.96 bits per heavy atom. The van der Waals surface area contributed by atoms with Gasteiger partial charge in [-0.3, -0.25) is 9.48 Å². The van der Waals surface area contributed by atoms with Crippen molar-refractivity contribution in [1.82, 2.24) is 14.7 Å². The van der Waals surface area contributed by atoms with E-state index >= 15 is 0 Å². The minimum atomic E-state index is 0.112. The summed E-state index contributed by atoms with van der Waals surface area (Å²) in [4.78, 5) is 16.7. The smallest absolute Gasteiger partial charge is 0.264 e. The number of hydrogen-bond donors (Lipinski definition) is 0. The molecule has 128 valence electrons. The SMILES string of the molecule is Cc1ccc(C(=O)N2CCCn3nc(-c4ccc(Cl)cc4)cc3C2)s1. The summed E-state index contributed by atoms with van der Waals surface area (Å²) in [5.74, 6) is 0.112. The zero-order chi connectivity index (χ0) is 17.4. The third kappa shape index (κ3) is 3.34. The van der Waals surface area contributed by atoms with Gasteiger partial charge in [0.15, 0.2) is 0 Å². The number of hydrogen-bond acceptors (Lipinski definition) is 3. The lowest BCUT2D eigenvalue weighted by Gasteiger charge is -2.19. The van der Waals surface area contributed by atoms with Crippen LogP contribution in [0.2, 0.25) is 5.02 Å². The number of aryl methyl sites for hydroxylation is 2. The molecule has 0 atom stereocenters. The largest absolute Gasteiger partial charge is 0.332 e. The van der Waals surface area contributed by atoms with Crippen LogP contribution in [0.1, 0.15) is 26.7 Å². The molecule has 0 fully saturated rings. The van der Waals surface area contributed by atoms with E-state index in [-0.39, 0.29) is 5.91 Å². The Kier molecular flexibility index (Phi) is 4.36. The Morgan fingerprint density at radius 1 is 1.16 bits per heavy atom. The normalized spacial score (nSPS) is 14.2. The van der Waals surface area contributed by atoms with Gasteiger partial charge in [-0.25, -0.2) is 0 Å². The van der Waals surface area contributed by atoms with Crippen LogP contribution in [0, 0.1) is 6.92 Å². The molecule has 25 heavy (non-hydrogen) atoms. The summed E-state index contributed by atoms with van der Waals surface area (Å²) in [5, 5.41) is 5.43. The average Bonchev–Trinajstić information content (AvgIpc) is 3.16. The molecule has 6 heteroatoms. The van der Waals surface area contributed by atoms with E-state index in [4.69, 9.17) is 16.7 Å². The molecule has 3 aromatic rings. The summed E-state index contributed by atoms with van der Waals surface area (Å²) in [7, 11) is 0. The Bertz CT molecular complexity index is 913. The first kappa shape index (κ1) is 16.4. The van der Waals surface area contributed by atoms with E-state index in [0.717, 1.165) is 46.2 Å². The van der Waals surface area contributed by atoms with Gasteiger partial charge in [0.05, 0.1) is 22.8 Å². The van der Waals surface area contributed by atoms with Gasteiger partial charge in [-0.2, -0.15) is 5.10 Å². The Balaban J connectivity index is 1.60. The van der Waals surface area contributed by atoms with E-state index in [1.807, 2.05) is 52.9 Å². The van der Waals surface area contributed by atoms with Crippen molar-refractivity contribution < 1.29 is 4.79 Å². The van der Waals surface area contributed by atoms with Gasteiger partial charge in [0, 0.05) is 28.6 Å². The lowest BCUT2D eigenvalue weighted by atomic mass is 10.1. The molecule has 1 aliphatic heterocycles. The van der Waals surface area contributed by atoms with Gasteiger partial charge in [-0.15, -0.1) is 11.3 Å². The van der Waals surface area contributed by atoms with Crippen molar-refractivity contribution in [2.24, 2.45) is 0 Å². The van der Waals surface area contributed by atoms with Crippen LogP contribution in [0.5, 0.6) is 0 Å². The minimum Gasteiger partial charge on any atom is -0.332 e. The third-order valence-electron chi connectivity index (χ3n) is 4.39. The van der Waals surface area contributed by atoms with Crippen molar-refractivity contribution in [2.75, 3.05) is 6.54 Å². The molecule has 4 rings (SSSR count). The number of thiophene rings is 1. The number of amides is 1. The number of aromatic nitrogens is 2. The molecule has 1 aromatic carbocycles. The van der Waals surface area contributed by atoms with Crippen molar-refractivity contribution in [1.29, 1.82) is 0 Å². The van der Waals surface area contributed by atoms with Crippen molar-refractivity contribution in [3.63, 3.8) is 0 Å². The summed E-state index contributed by atoms with van der Waals surface area (Å²) >= 11 is 7.52. The predicted molar refractivity (Wildman–Crippen MR) is 101 cm³/mol. The molecule has 0 aliphatic carbocycles. The first-order valence-corrected chi connectivity index (χ1v) is 9.48. The first-order valence-electron chi connectivity index (χ1n) is 8.28. The summed E-state index contributed by atoms with van der Waals surface area (Å²) in [5.41, 5.74) is 3.04. The molecule has 2 aromatic heterocycles. The molecule has 0 saturated carbocycles. The number of carbonyl (C=O) groups is 1. The zero-order valence-corrected chi connectivity index (χ0v) is 15.5. The standard InChI is InChI=1S/C19H18ClN3OS/c1-13-3-8-18(25-13)19(24)22-9-2-10-23-16(12-22)11-17(21-23)14-4-6-15(20)7-5-14/h3-8,11H,2,9-10,12H2,1H3.